The Balaban J connectivity index is 1.93. The first kappa shape index (κ1) is 10.8. The van der Waals surface area contributed by atoms with E-state index in [-0.39, 0.29) is 0 Å². The van der Waals surface area contributed by atoms with E-state index >= 15 is 0 Å². The molecule has 0 N–H and O–H groups in total. The average molecular weight is 238 g/mol. The largest absolute Gasteiger partial charge is 0.285 e. The highest BCUT2D eigenvalue weighted by molar-refractivity contribution is 6.23. The van der Waals surface area contributed by atoms with Gasteiger partial charge in [0, 0.05) is 23.4 Å². The van der Waals surface area contributed by atoms with Gasteiger partial charge in [-0.1, -0.05) is 18.4 Å². The molecule has 2 aliphatic carbocycles. The zero-order valence-electron chi connectivity index (χ0n) is 10.0. The molecule has 0 saturated heterocycles. The van der Waals surface area contributed by atoms with Crippen LogP contribution in [-0.4, -0.2) is 17.1 Å². The van der Waals surface area contributed by atoms with Crippen LogP contribution in [0.15, 0.2) is 16.1 Å². The molecule has 3 atom stereocenters. The topological polar surface area (TPSA) is 12.4 Å². The Morgan fingerprint density at radius 2 is 2.00 bits per heavy atom. The molecule has 0 bridgehead atoms. The molecule has 0 radical (unpaired) electrons. The SMILES string of the molecule is CC1=C2CCC(Cl)CC2=NC2CCCCC12. The van der Waals surface area contributed by atoms with E-state index in [0.717, 1.165) is 18.8 Å². The van der Waals surface area contributed by atoms with Gasteiger partial charge in [-0.2, -0.15) is 0 Å². The maximum Gasteiger partial charge on any atom is 0.0568 e. The van der Waals surface area contributed by atoms with Gasteiger partial charge >= 0.3 is 0 Å². The van der Waals surface area contributed by atoms with Crippen molar-refractivity contribution < 1.29 is 0 Å². The standard InChI is InChI=1S/C14H20ClN/c1-9-11-4-2-3-5-13(11)16-14-8-10(15)6-7-12(9)14/h10-11,13H,2-8H2,1H3. The quantitative estimate of drug-likeness (QED) is 0.563. The Morgan fingerprint density at radius 3 is 2.88 bits per heavy atom. The molecule has 0 aromatic heterocycles. The number of rotatable bonds is 0. The first-order valence-electron chi connectivity index (χ1n) is 6.66. The van der Waals surface area contributed by atoms with Gasteiger partial charge in [0.1, 0.15) is 0 Å². The lowest BCUT2D eigenvalue weighted by molar-refractivity contribution is 0.341. The van der Waals surface area contributed by atoms with Crippen LogP contribution in [0.2, 0.25) is 0 Å². The number of halogens is 1. The molecule has 2 fully saturated rings. The Labute approximate surface area is 103 Å². The minimum atomic E-state index is 0.329. The zero-order valence-corrected chi connectivity index (χ0v) is 10.8. The van der Waals surface area contributed by atoms with Gasteiger partial charge in [0.05, 0.1) is 6.04 Å². The minimum absolute atomic E-state index is 0.329. The monoisotopic (exact) mass is 237 g/mol. The van der Waals surface area contributed by atoms with E-state index in [1.54, 1.807) is 11.1 Å². The van der Waals surface area contributed by atoms with Gasteiger partial charge in [0.25, 0.3) is 0 Å². The summed E-state index contributed by atoms with van der Waals surface area (Å²) in [6.07, 6.45) is 8.75. The highest BCUT2D eigenvalue weighted by Gasteiger charge is 2.34. The molecule has 0 aromatic carbocycles. The van der Waals surface area contributed by atoms with E-state index in [9.17, 15) is 0 Å². The Bertz CT molecular complexity index is 356. The first-order chi connectivity index (χ1) is 7.75. The van der Waals surface area contributed by atoms with Crippen LogP contribution in [-0.2, 0) is 0 Å². The number of dihydropyridines is 1. The Kier molecular flexibility index (Phi) is 2.83. The molecule has 0 spiro atoms. The first-order valence-corrected chi connectivity index (χ1v) is 7.10. The Hall–Kier alpha value is -0.300. The van der Waals surface area contributed by atoms with Crippen LogP contribution in [0.25, 0.3) is 0 Å². The number of hydrogen-bond acceptors (Lipinski definition) is 1. The summed E-state index contributed by atoms with van der Waals surface area (Å²) in [5.41, 5.74) is 4.57. The van der Waals surface area contributed by atoms with Crippen LogP contribution in [0.3, 0.4) is 0 Å². The molecular weight excluding hydrogens is 218 g/mol. The number of hydrogen-bond donors (Lipinski definition) is 0. The van der Waals surface area contributed by atoms with E-state index in [0.29, 0.717) is 11.4 Å². The van der Waals surface area contributed by atoms with Gasteiger partial charge in [-0.05, 0) is 38.2 Å². The second-order valence-electron chi connectivity index (χ2n) is 5.54. The van der Waals surface area contributed by atoms with E-state index in [1.807, 2.05) is 0 Å². The predicted octanol–water partition coefficient (Wildman–Crippen LogP) is 4.11. The van der Waals surface area contributed by atoms with Gasteiger partial charge in [0.2, 0.25) is 0 Å². The van der Waals surface area contributed by atoms with Gasteiger partial charge in [-0.25, -0.2) is 0 Å². The molecule has 3 aliphatic rings. The maximum atomic E-state index is 6.26. The number of allylic oxidation sites excluding steroid dienone is 1. The number of aliphatic imine (C=N–C) groups is 1. The van der Waals surface area contributed by atoms with Crippen molar-refractivity contribution >= 4 is 17.3 Å². The second-order valence-corrected chi connectivity index (χ2v) is 6.15. The molecule has 1 aliphatic heterocycles. The van der Waals surface area contributed by atoms with Crippen LogP contribution in [0.1, 0.15) is 51.9 Å². The molecule has 0 amide bonds. The van der Waals surface area contributed by atoms with Crippen LogP contribution < -0.4 is 0 Å². The van der Waals surface area contributed by atoms with Crippen LogP contribution in [0.4, 0.5) is 0 Å². The summed E-state index contributed by atoms with van der Waals surface area (Å²) >= 11 is 6.26. The lowest BCUT2D eigenvalue weighted by atomic mass is 9.73. The molecular formula is C14H20ClN. The fraction of sp³-hybridized carbons (Fsp3) is 0.786. The fourth-order valence-electron chi connectivity index (χ4n) is 3.63. The molecule has 3 unspecified atom stereocenters. The molecule has 1 nitrogen and oxygen atoms in total. The summed E-state index contributed by atoms with van der Waals surface area (Å²) in [6.45, 7) is 2.35. The molecule has 0 aromatic rings. The van der Waals surface area contributed by atoms with E-state index in [4.69, 9.17) is 16.6 Å². The molecule has 2 saturated carbocycles. The molecule has 2 heteroatoms. The lowest BCUT2D eigenvalue weighted by Gasteiger charge is -2.38. The number of fused-ring (bicyclic) bond motifs is 2. The average Bonchev–Trinajstić information content (AvgIpc) is 2.29. The van der Waals surface area contributed by atoms with E-state index < -0.39 is 0 Å². The summed E-state index contributed by atoms with van der Waals surface area (Å²) in [5.74, 6) is 0.763. The smallest absolute Gasteiger partial charge is 0.0568 e. The molecule has 1 heterocycles. The summed E-state index contributed by atoms with van der Waals surface area (Å²) in [7, 11) is 0. The van der Waals surface area contributed by atoms with E-state index in [2.05, 4.69) is 6.92 Å². The number of alkyl halides is 1. The maximum absolute atomic E-state index is 6.26. The summed E-state index contributed by atoms with van der Waals surface area (Å²) in [4.78, 5) is 5.00. The fourth-order valence-corrected chi connectivity index (χ4v) is 3.89. The third-order valence-corrected chi connectivity index (χ3v) is 4.93. The second kappa shape index (κ2) is 4.18. The van der Waals surface area contributed by atoms with Crippen LogP contribution in [0.5, 0.6) is 0 Å². The highest BCUT2D eigenvalue weighted by Crippen LogP contribution is 2.41. The van der Waals surface area contributed by atoms with Crippen molar-refractivity contribution in [3.05, 3.63) is 11.1 Å². The van der Waals surface area contributed by atoms with Crippen molar-refractivity contribution in [2.24, 2.45) is 10.9 Å². The normalized spacial score (nSPS) is 38.9. The van der Waals surface area contributed by atoms with Crippen molar-refractivity contribution in [1.82, 2.24) is 0 Å². The van der Waals surface area contributed by atoms with Crippen molar-refractivity contribution in [3.8, 4) is 0 Å². The summed E-state index contributed by atoms with van der Waals surface area (Å²) in [6, 6.07) is 0.592. The lowest BCUT2D eigenvalue weighted by Crippen LogP contribution is -2.33. The molecule has 16 heavy (non-hydrogen) atoms. The van der Waals surface area contributed by atoms with Crippen LogP contribution >= 0.6 is 11.6 Å². The summed E-state index contributed by atoms with van der Waals surface area (Å²) in [5, 5.41) is 0.329. The van der Waals surface area contributed by atoms with Crippen molar-refractivity contribution in [1.29, 1.82) is 0 Å². The van der Waals surface area contributed by atoms with Gasteiger partial charge < -0.3 is 0 Å². The Morgan fingerprint density at radius 1 is 1.19 bits per heavy atom. The van der Waals surface area contributed by atoms with Gasteiger partial charge in [-0.3, -0.25) is 4.99 Å². The van der Waals surface area contributed by atoms with E-state index in [1.165, 1.54) is 37.8 Å². The third kappa shape index (κ3) is 1.73. The third-order valence-electron chi connectivity index (χ3n) is 4.55. The molecule has 3 rings (SSSR count). The van der Waals surface area contributed by atoms with Crippen molar-refractivity contribution in [2.45, 2.75) is 63.3 Å². The zero-order chi connectivity index (χ0) is 11.1. The van der Waals surface area contributed by atoms with Gasteiger partial charge in [-0.15, -0.1) is 11.6 Å². The van der Waals surface area contributed by atoms with Gasteiger partial charge in [0.15, 0.2) is 0 Å². The predicted molar refractivity (Wildman–Crippen MR) is 69.4 cm³/mol. The summed E-state index contributed by atoms with van der Waals surface area (Å²) < 4.78 is 0. The van der Waals surface area contributed by atoms with Crippen molar-refractivity contribution in [3.63, 3.8) is 0 Å². The minimum Gasteiger partial charge on any atom is -0.285 e. The van der Waals surface area contributed by atoms with Crippen molar-refractivity contribution in [2.75, 3.05) is 0 Å². The van der Waals surface area contributed by atoms with Crippen LogP contribution in [0, 0.1) is 5.92 Å². The molecule has 88 valence electrons. The number of nitrogens with zero attached hydrogens (tertiary/aromatic N) is 1. The highest BCUT2D eigenvalue weighted by atomic mass is 35.5.